The van der Waals surface area contributed by atoms with E-state index in [0.717, 1.165) is 18.2 Å². The summed E-state index contributed by atoms with van der Waals surface area (Å²) in [6, 6.07) is 2.42. The summed E-state index contributed by atoms with van der Waals surface area (Å²) in [5.74, 6) is -24.3. The molecule has 0 amide bonds. The maximum atomic E-state index is 15.4. The highest BCUT2D eigenvalue weighted by Crippen LogP contribution is 2.59. The van der Waals surface area contributed by atoms with E-state index in [1.165, 1.54) is 0 Å². The molecule has 54 heavy (non-hydrogen) atoms. The van der Waals surface area contributed by atoms with Crippen molar-refractivity contribution in [3.8, 4) is 18.2 Å². The van der Waals surface area contributed by atoms with Crippen LogP contribution in [0.4, 0.5) is 79.0 Å². The van der Waals surface area contributed by atoms with E-state index >= 15 is 13.2 Å². The molecule has 282 valence electrons. The maximum absolute atomic E-state index is 15.4. The number of benzene rings is 3. The first-order valence-corrected chi connectivity index (χ1v) is 13.8. The van der Waals surface area contributed by atoms with Crippen molar-refractivity contribution >= 4 is 16.7 Å². The summed E-state index contributed by atoms with van der Waals surface area (Å²) < 4.78 is 261. The standard InChI is InChI=1S/C33H9F18N3/c1-7-13(27(39)30(42)21(22(7)34)33(49,50)51)10(4-52)14-15(11(5-53)17-19(31(43,44)45)23(35)8(2)25(37)28(17)40)16(14)12(6-54)18-20(32(46,47)48)24(36)9(3)26(38)29(18)41/h1-3H3. The van der Waals surface area contributed by atoms with Gasteiger partial charge in [-0.05, 0) is 26.3 Å². The molecule has 1 aliphatic rings. The highest BCUT2D eigenvalue weighted by Gasteiger charge is 2.50. The minimum Gasteiger partial charge on any atom is -0.206 e. The zero-order valence-corrected chi connectivity index (χ0v) is 26.1. The topological polar surface area (TPSA) is 71.4 Å². The molecular weight excluding hydrogens is 780 g/mol. The minimum atomic E-state index is -6.12. The Hall–Kier alpha value is -5.91. The monoisotopic (exact) mass is 789 g/mol. The molecule has 4 rings (SSSR count). The number of alkyl halides is 9. The lowest BCUT2D eigenvalue weighted by atomic mass is 9.93. The number of nitriles is 3. The van der Waals surface area contributed by atoms with Crippen LogP contribution in [-0.2, 0) is 18.5 Å². The van der Waals surface area contributed by atoms with E-state index in [0.29, 0.717) is 0 Å². The van der Waals surface area contributed by atoms with Crippen molar-refractivity contribution in [1.82, 2.24) is 0 Å². The summed E-state index contributed by atoms with van der Waals surface area (Å²) in [5.41, 5.74) is -31.8. The van der Waals surface area contributed by atoms with Gasteiger partial charge in [0.25, 0.3) is 0 Å². The molecule has 0 heterocycles. The van der Waals surface area contributed by atoms with Crippen molar-refractivity contribution in [3.63, 3.8) is 0 Å². The first kappa shape index (κ1) is 40.9. The van der Waals surface area contributed by atoms with Crippen LogP contribution in [0.15, 0.2) is 16.7 Å². The second kappa shape index (κ2) is 13.2. The Morgan fingerprint density at radius 1 is 0.352 bits per heavy atom. The Labute approximate surface area is 288 Å². The second-order valence-electron chi connectivity index (χ2n) is 11.0. The molecule has 0 aromatic heterocycles. The average molecular weight is 789 g/mol. The van der Waals surface area contributed by atoms with E-state index in [4.69, 9.17) is 0 Å². The Bertz CT molecular complexity index is 2290. The van der Waals surface area contributed by atoms with Crippen molar-refractivity contribution in [2.75, 3.05) is 0 Å². The highest BCUT2D eigenvalue weighted by atomic mass is 19.4. The number of hydrogen-bond acceptors (Lipinski definition) is 3. The van der Waals surface area contributed by atoms with Gasteiger partial charge in [0.15, 0.2) is 34.9 Å². The molecule has 0 saturated heterocycles. The molecular formula is C33H9F18N3. The van der Waals surface area contributed by atoms with Crippen LogP contribution in [0.25, 0.3) is 16.7 Å². The molecule has 0 bridgehead atoms. The molecule has 3 aromatic rings. The van der Waals surface area contributed by atoms with Crippen LogP contribution in [0.3, 0.4) is 0 Å². The predicted octanol–water partition coefficient (Wildman–Crippen LogP) is 11.2. The van der Waals surface area contributed by atoms with E-state index in [9.17, 15) is 81.6 Å². The zero-order chi connectivity index (χ0) is 41.5. The molecule has 1 aliphatic carbocycles. The lowest BCUT2D eigenvalue weighted by Gasteiger charge is -2.17. The number of nitrogens with zero attached hydrogens (tertiary/aromatic N) is 3. The lowest BCUT2D eigenvalue weighted by molar-refractivity contribution is -0.143. The van der Waals surface area contributed by atoms with E-state index < -0.39 is 154 Å². The Morgan fingerprint density at radius 2 is 0.611 bits per heavy atom. The smallest absolute Gasteiger partial charge is 0.206 e. The molecule has 3 nitrogen and oxygen atoms in total. The third-order valence-electron chi connectivity index (χ3n) is 8.01. The quantitative estimate of drug-likeness (QED) is 0.151. The van der Waals surface area contributed by atoms with Crippen LogP contribution in [-0.4, -0.2) is 0 Å². The fourth-order valence-corrected chi connectivity index (χ4v) is 5.53. The van der Waals surface area contributed by atoms with Gasteiger partial charge in [-0.2, -0.15) is 55.3 Å². The van der Waals surface area contributed by atoms with Crippen LogP contribution in [0.1, 0.15) is 50.1 Å². The fraction of sp³-hybridized carbons (Fsp3) is 0.182. The molecule has 21 heteroatoms. The largest absolute Gasteiger partial charge is 0.422 e. The first-order chi connectivity index (χ1) is 24.6. The van der Waals surface area contributed by atoms with Gasteiger partial charge in [-0.1, -0.05) is 0 Å². The van der Waals surface area contributed by atoms with Crippen molar-refractivity contribution in [2.45, 2.75) is 39.3 Å². The number of hydrogen-bond donors (Lipinski definition) is 0. The summed E-state index contributed by atoms with van der Waals surface area (Å²) in [6.07, 6.45) is -18.3. The molecule has 0 N–H and O–H groups in total. The second-order valence-corrected chi connectivity index (χ2v) is 11.0. The van der Waals surface area contributed by atoms with Crippen LogP contribution in [0.2, 0.25) is 0 Å². The van der Waals surface area contributed by atoms with Crippen LogP contribution in [0.5, 0.6) is 0 Å². The van der Waals surface area contributed by atoms with Crippen LogP contribution < -0.4 is 0 Å². The van der Waals surface area contributed by atoms with Gasteiger partial charge >= 0.3 is 18.5 Å². The third-order valence-corrected chi connectivity index (χ3v) is 8.01. The van der Waals surface area contributed by atoms with Gasteiger partial charge in [0.1, 0.15) is 52.3 Å². The molecule has 0 spiro atoms. The highest BCUT2D eigenvalue weighted by molar-refractivity contribution is 6.12. The van der Waals surface area contributed by atoms with Gasteiger partial charge in [0.05, 0.1) is 16.7 Å². The van der Waals surface area contributed by atoms with Gasteiger partial charge in [0, 0.05) is 44.5 Å². The van der Waals surface area contributed by atoms with Gasteiger partial charge < -0.3 is 0 Å². The third kappa shape index (κ3) is 6.09. The molecule has 3 aromatic carbocycles. The van der Waals surface area contributed by atoms with Crippen LogP contribution >= 0.6 is 0 Å². The predicted molar refractivity (Wildman–Crippen MR) is 146 cm³/mol. The molecule has 0 aliphatic heterocycles. The number of rotatable bonds is 3. The normalized spacial score (nSPS) is 15.1. The van der Waals surface area contributed by atoms with Gasteiger partial charge in [-0.15, -0.1) is 0 Å². The molecule has 0 atom stereocenters. The Kier molecular flexibility index (Phi) is 9.98. The summed E-state index contributed by atoms with van der Waals surface area (Å²) in [4.78, 5) is 0. The molecule has 0 unspecified atom stereocenters. The molecule has 0 radical (unpaired) electrons. The van der Waals surface area contributed by atoms with Crippen molar-refractivity contribution in [2.24, 2.45) is 0 Å². The number of allylic oxidation sites excluding steroid dienone is 6. The maximum Gasteiger partial charge on any atom is 0.422 e. The van der Waals surface area contributed by atoms with Crippen molar-refractivity contribution in [3.05, 3.63) is 119 Å². The zero-order valence-electron chi connectivity index (χ0n) is 26.1. The Morgan fingerprint density at radius 3 is 0.889 bits per heavy atom. The average Bonchev–Trinajstić information content (AvgIpc) is 3.77. The van der Waals surface area contributed by atoms with E-state index in [1.54, 1.807) is 0 Å². The van der Waals surface area contributed by atoms with E-state index in [1.807, 2.05) is 0 Å². The summed E-state index contributed by atoms with van der Waals surface area (Å²) >= 11 is 0. The first-order valence-electron chi connectivity index (χ1n) is 13.8. The van der Waals surface area contributed by atoms with Crippen molar-refractivity contribution in [1.29, 1.82) is 15.8 Å². The summed E-state index contributed by atoms with van der Waals surface area (Å²) in [6.45, 7) is 0.759. The minimum absolute atomic E-state index is 0.226. The molecule has 1 fully saturated rings. The SMILES string of the molecule is Cc1c(F)c(F)c(C(C#N)=C2C(=C(C#N)c3c(C)c(F)c(C(F)(F)F)c(F)c3F)C2=C(C#N)c2c(F)c(F)c(C)c(F)c2C(F)(F)F)c(C(F)(F)F)c1F. The summed E-state index contributed by atoms with van der Waals surface area (Å²) in [7, 11) is 0. The molecule has 1 saturated carbocycles. The fourth-order valence-electron chi connectivity index (χ4n) is 5.53. The summed E-state index contributed by atoms with van der Waals surface area (Å²) in [5, 5.41) is 29.8. The van der Waals surface area contributed by atoms with Crippen molar-refractivity contribution < 1.29 is 79.0 Å². The Balaban J connectivity index is 2.47. The van der Waals surface area contributed by atoms with Crippen LogP contribution in [0, 0.1) is 107 Å². The van der Waals surface area contributed by atoms with Gasteiger partial charge in [-0.25, -0.2) is 39.5 Å². The number of halogens is 18. The lowest BCUT2D eigenvalue weighted by Crippen LogP contribution is -2.17. The van der Waals surface area contributed by atoms with Gasteiger partial charge in [-0.3, -0.25) is 0 Å². The van der Waals surface area contributed by atoms with E-state index in [2.05, 4.69) is 0 Å². The van der Waals surface area contributed by atoms with Gasteiger partial charge in [0.2, 0.25) is 0 Å². The van der Waals surface area contributed by atoms with E-state index in [-0.39, 0.29) is 20.8 Å².